The molecule has 0 atom stereocenters. The average molecular weight is 605 g/mol. The standard InChI is InChI=1S/C25H18Cl3N6S3/c1-32-16-10-13(26)4-7-19(16)35-23(32)29-22(30-24-33(2)17-11-14(27)5-8-20(17)36-24)31-25-34(3)18-12-15(28)6-9-21(18)37-25/h4-12H,1-3H3/q+1. The molecule has 6 aromatic rings. The van der Waals surface area contributed by atoms with Gasteiger partial charge in [0.05, 0.1) is 32.2 Å². The van der Waals surface area contributed by atoms with Crippen molar-refractivity contribution in [2.24, 2.45) is 36.1 Å². The van der Waals surface area contributed by atoms with Gasteiger partial charge < -0.3 is 9.13 Å². The zero-order valence-electron chi connectivity index (χ0n) is 19.7. The lowest BCUT2D eigenvalue weighted by atomic mass is 10.3. The topological polar surface area (TPSA) is 50.8 Å². The second kappa shape index (κ2) is 9.65. The number of aryl methyl sites for hydroxylation is 3. The van der Waals surface area contributed by atoms with Gasteiger partial charge in [-0.2, -0.15) is 9.98 Å². The van der Waals surface area contributed by atoms with Crippen LogP contribution in [0, 0.1) is 0 Å². The number of guanidine groups is 1. The number of thiazole rings is 3. The van der Waals surface area contributed by atoms with Crippen molar-refractivity contribution >= 4 is 111 Å². The Hall–Kier alpha value is -2.53. The molecule has 12 heteroatoms. The largest absolute Gasteiger partial charge is 0.387 e. The number of benzene rings is 3. The fraction of sp³-hybridized carbons (Fsp3) is 0.120. The van der Waals surface area contributed by atoms with Crippen LogP contribution in [-0.4, -0.2) is 15.1 Å². The number of nitrogens with zero attached hydrogens (tertiary/aromatic N) is 6. The molecule has 0 aliphatic rings. The Morgan fingerprint density at radius 1 is 0.703 bits per heavy atom. The summed E-state index contributed by atoms with van der Waals surface area (Å²) in [5.74, 6) is 0.342. The third kappa shape index (κ3) is 4.65. The Balaban J connectivity index is 1.61. The molecule has 3 aromatic carbocycles. The lowest BCUT2D eigenvalue weighted by Crippen LogP contribution is -2.26. The van der Waals surface area contributed by atoms with Crippen LogP contribution in [0.2, 0.25) is 15.1 Å². The van der Waals surface area contributed by atoms with Crippen LogP contribution in [0.15, 0.2) is 69.6 Å². The highest BCUT2D eigenvalue weighted by Gasteiger charge is 2.19. The Morgan fingerprint density at radius 3 is 1.73 bits per heavy atom. The van der Waals surface area contributed by atoms with Gasteiger partial charge in [0.25, 0.3) is 0 Å². The molecule has 37 heavy (non-hydrogen) atoms. The first-order chi connectivity index (χ1) is 17.8. The number of hydrogen-bond donors (Lipinski definition) is 0. The molecule has 0 radical (unpaired) electrons. The van der Waals surface area contributed by atoms with Gasteiger partial charge in [-0.3, -0.25) is 0 Å². The first-order valence-electron chi connectivity index (χ1n) is 11.0. The fourth-order valence-corrected chi connectivity index (χ4v) is 7.44. The highest BCUT2D eigenvalue weighted by molar-refractivity contribution is 7.21. The van der Waals surface area contributed by atoms with Crippen molar-refractivity contribution in [1.29, 1.82) is 0 Å². The predicted molar refractivity (Wildman–Crippen MR) is 158 cm³/mol. The Kier molecular flexibility index (Phi) is 6.46. The first-order valence-corrected chi connectivity index (χ1v) is 14.6. The molecule has 0 saturated heterocycles. The minimum Gasteiger partial charge on any atom is -0.319 e. The molecule has 0 fully saturated rings. The van der Waals surface area contributed by atoms with E-state index < -0.39 is 0 Å². The third-order valence-corrected chi connectivity index (χ3v) is 9.94. The first kappa shape index (κ1) is 24.8. The number of halogens is 3. The molecule has 3 aromatic heterocycles. The number of aliphatic imine (C=N–C) groups is 1. The van der Waals surface area contributed by atoms with Gasteiger partial charge in [-0.15, -0.1) is 0 Å². The van der Waals surface area contributed by atoms with E-state index in [2.05, 4.69) is 0 Å². The summed E-state index contributed by atoms with van der Waals surface area (Å²) in [6.45, 7) is 0. The van der Waals surface area contributed by atoms with Crippen molar-refractivity contribution in [2.75, 3.05) is 0 Å². The number of rotatable bonds is 1. The van der Waals surface area contributed by atoms with Crippen LogP contribution < -0.4 is 14.2 Å². The molecule has 3 heterocycles. The highest BCUT2D eigenvalue weighted by atomic mass is 35.5. The summed E-state index contributed by atoms with van der Waals surface area (Å²) in [4.78, 5) is 16.3. The molecular weight excluding hydrogens is 587 g/mol. The summed E-state index contributed by atoms with van der Waals surface area (Å²) in [6.07, 6.45) is 0. The molecule has 0 saturated carbocycles. The molecule has 6 nitrogen and oxygen atoms in total. The summed E-state index contributed by atoms with van der Waals surface area (Å²) in [7, 11) is 5.90. The number of aromatic nitrogens is 3. The molecule has 0 aliphatic carbocycles. The van der Waals surface area contributed by atoms with E-state index in [-0.39, 0.29) is 0 Å². The molecule has 0 unspecified atom stereocenters. The fourth-order valence-electron chi connectivity index (χ4n) is 3.95. The monoisotopic (exact) mass is 603 g/mol. The van der Waals surface area contributed by atoms with E-state index >= 15 is 0 Å². The van der Waals surface area contributed by atoms with E-state index in [1.54, 1.807) is 34.0 Å². The van der Waals surface area contributed by atoms with Gasteiger partial charge in [0.1, 0.15) is 5.52 Å². The average Bonchev–Trinajstić information content (AvgIpc) is 3.46. The minimum atomic E-state index is 0.342. The van der Waals surface area contributed by atoms with Gasteiger partial charge in [0.15, 0.2) is 9.60 Å². The van der Waals surface area contributed by atoms with Gasteiger partial charge in [-0.25, -0.2) is 4.57 Å². The maximum absolute atomic E-state index is 6.25. The summed E-state index contributed by atoms with van der Waals surface area (Å²) < 4.78 is 9.25. The zero-order chi connectivity index (χ0) is 25.8. The SMILES string of the molecule is Cn1c(=NC(=Nc2sc3ccc(Cl)cc3[n+]2C)N=c2sc3ccc(Cl)cc3n2C)sc2ccc(Cl)cc21. The van der Waals surface area contributed by atoms with Crippen LogP contribution in [0.25, 0.3) is 30.6 Å². The second-order valence-corrected chi connectivity index (χ2v) is 12.6. The summed E-state index contributed by atoms with van der Waals surface area (Å²) >= 11 is 23.4. The van der Waals surface area contributed by atoms with Gasteiger partial charge >= 0.3 is 11.1 Å². The smallest absolute Gasteiger partial charge is 0.319 e. The van der Waals surface area contributed by atoms with Crippen LogP contribution in [-0.2, 0) is 21.1 Å². The Bertz CT molecular complexity index is 1920. The van der Waals surface area contributed by atoms with E-state index in [0.29, 0.717) is 21.0 Å². The van der Waals surface area contributed by atoms with Crippen LogP contribution in [0.1, 0.15) is 0 Å². The summed E-state index contributed by atoms with van der Waals surface area (Å²) in [5.41, 5.74) is 3.00. The zero-order valence-corrected chi connectivity index (χ0v) is 24.5. The van der Waals surface area contributed by atoms with Crippen LogP contribution in [0.3, 0.4) is 0 Å². The quantitative estimate of drug-likeness (QED) is 0.110. The Labute approximate surface area is 238 Å². The molecular formula is C25H18Cl3N6S3+. The van der Waals surface area contributed by atoms with E-state index in [0.717, 1.165) is 45.4 Å². The van der Waals surface area contributed by atoms with Crippen molar-refractivity contribution in [3.63, 3.8) is 0 Å². The van der Waals surface area contributed by atoms with Crippen LogP contribution >= 0.6 is 68.8 Å². The summed E-state index contributed by atoms with van der Waals surface area (Å²) in [5, 5.41) is 2.80. The molecule has 0 spiro atoms. The van der Waals surface area contributed by atoms with E-state index in [1.807, 2.05) is 89.4 Å². The van der Waals surface area contributed by atoms with Crippen molar-refractivity contribution < 1.29 is 4.57 Å². The highest BCUT2D eigenvalue weighted by Crippen LogP contribution is 2.28. The lowest BCUT2D eigenvalue weighted by molar-refractivity contribution is -0.627. The van der Waals surface area contributed by atoms with E-state index in [4.69, 9.17) is 49.8 Å². The van der Waals surface area contributed by atoms with Gasteiger partial charge in [0, 0.05) is 40.2 Å². The Morgan fingerprint density at radius 2 is 1.19 bits per heavy atom. The van der Waals surface area contributed by atoms with Crippen LogP contribution in [0.5, 0.6) is 0 Å². The van der Waals surface area contributed by atoms with E-state index in [9.17, 15) is 0 Å². The van der Waals surface area contributed by atoms with Crippen molar-refractivity contribution in [3.8, 4) is 0 Å². The third-order valence-electron chi connectivity index (χ3n) is 5.90. The molecule has 0 bridgehead atoms. The molecule has 6 rings (SSSR count). The van der Waals surface area contributed by atoms with Gasteiger partial charge in [-0.05, 0) is 59.9 Å². The molecule has 0 amide bonds. The van der Waals surface area contributed by atoms with Gasteiger partial charge in [0.2, 0.25) is 0 Å². The molecule has 0 N–H and O–H groups in total. The van der Waals surface area contributed by atoms with Gasteiger partial charge in [-0.1, -0.05) is 57.5 Å². The van der Waals surface area contributed by atoms with Crippen molar-refractivity contribution in [2.45, 2.75) is 0 Å². The lowest BCUT2D eigenvalue weighted by Gasteiger charge is -1.96. The van der Waals surface area contributed by atoms with Crippen LogP contribution in [0.4, 0.5) is 5.13 Å². The molecule has 0 aliphatic heterocycles. The minimum absolute atomic E-state index is 0.342. The number of hydrogen-bond acceptors (Lipinski definition) is 4. The predicted octanol–water partition coefficient (Wildman–Crippen LogP) is 6.98. The van der Waals surface area contributed by atoms with Crippen molar-refractivity contribution in [1.82, 2.24) is 9.13 Å². The second-order valence-electron chi connectivity index (χ2n) is 8.30. The summed E-state index contributed by atoms with van der Waals surface area (Å²) in [6, 6.07) is 17.5. The van der Waals surface area contributed by atoms with Crippen molar-refractivity contribution in [3.05, 3.63) is 79.3 Å². The maximum atomic E-state index is 6.25. The normalized spacial score (nSPS) is 12.9. The molecule has 186 valence electrons. The number of fused-ring (bicyclic) bond motifs is 3. The maximum Gasteiger partial charge on any atom is 0.387 e. The van der Waals surface area contributed by atoms with E-state index in [1.165, 1.54) is 0 Å².